The van der Waals surface area contributed by atoms with E-state index in [0.717, 1.165) is 36.8 Å². The van der Waals surface area contributed by atoms with Crippen LogP contribution in [0.15, 0.2) is 23.1 Å². The fraction of sp³-hybridized carbons (Fsp3) is 0.571. The molecule has 3 N–H and O–H groups in total. The number of rotatable bonds is 3. The second kappa shape index (κ2) is 6.89. The van der Waals surface area contributed by atoms with E-state index in [4.69, 9.17) is 5.73 Å². The molecule has 20 heavy (non-hydrogen) atoms. The van der Waals surface area contributed by atoms with Gasteiger partial charge in [-0.15, -0.1) is 12.4 Å². The first kappa shape index (κ1) is 17.4. The fourth-order valence-corrected chi connectivity index (χ4v) is 4.15. The maximum atomic E-state index is 12.4. The van der Waals surface area contributed by atoms with E-state index in [1.807, 2.05) is 26.0 Å². The van der Waals surface area contributed by atoms with Crippen LogP contribution in [0, 0.1) is 13.8 Å². The number of nitrogens with two attached hydrogens (primary N) is 1. The first-order valence-corrected chi connectivity index (χ1v) is 8.22. The minimum Gasteiger partial charge on any atom is -0.328 e. The molecule has 1 fully saturated rings. The van der Waals surface area contributed by atoms with E-state index in [-0.39, 0.29) is 24.5 Å². The molecule has 6 heteroatoms. The molecular weight excluding hydrogens is 296 g/mol. The summed E-state index contributed by atoms with van der Waals surface area (Å²) in [6.07, 6.45) is 3.43. The zero-order chi connectivity index (χ0) is 14.0. The second-order valence-electron chi connectivity index (χ2n) is 5.50. The van der Waals surface area contributed by atoms with Gasteiger partial charge in [-0.1, -0.05) is 12.1 Å². The van der Waals surface area contributed by atoms with Crippen molar-refractivity contribution in [1.29, 1.82) is 0 Å². The number of nitrogens with one attached hydrogen (secondary N) is 1. The van der Waals surface area contributed by atoms with Crippen LogP contribution in [0.2, 0.25) is 0 Å². The van der Waals surface area contributed by atoms with Gasteiger partial charge in [0.25, 0.3) is 0 Å². The second-order valence-corrected chi connectivity index (χ2v) is 7.18. The number of hydrogen-bond acceptors (Lipinski definition) is 3. The Hall–Kier alpha value is -0.620. The Kier molecular flexibility index (Phi) is 6.01. The van der Waals surface area contributed by atoms with Gasteiger partial charge in [-0.3, -0.25) is 0 Å². The summed E-state index contributed by atoms with van der Waals surface area (Å²) in [5.41, 5.74) is 7.58. The quantitative estimate of drug-likeness (QED) is 0.898. The van der Waals surface area contributed by atoms with E-state index >= 15 is 0 Å². The first-order valence-electron chi connectivity index (χ1n) is 6.73. The van der Waals surface area contributed by atoms with Crippen molar-refractivity contribution in [3.05, 3.63) is 29.3 Å². The number of halogens is 1. The summed E-state index contributed by atoms with van der Waals surface area (Å²) in [6.45, 7) is 3.73. The van der Waals surface area contributed by atoms with E-state index < -0.39 is 10.0 Å². The van der Waals surface area contributed by atoms with Crippen LogP contribution in [-0.2, 0) is 10.0 Å². The minimum absolute atomic E-state index is 0. The monoisotopic (exact) mass is 318 g/mol. The van der Waals surface area contributed by atoms with Crippen LogP contribution >= 0.6 is 12.4 Å². The summed E-state index contributed by atoms with van der Waals surface area (Å²) >= 11 is 0. The van der Waals surface area contributed by atoms with Gasteiger partial charge in [0.05, 0.1) is 4.90 Å². The molecule has 1 aliphatic carbocycles. The summed E-state index contributed by atoms with van der Waals surface area (Å²) < 4.78 is 27.6. The van der Waals surface area contributed by atoms with Crippen LogP contribution in [0.5, 0.6) is 0 Å². The number of hydrogen-bond donors (Lipinski definition) is 2. The smallest absolute Gasteiger partial charge is 0.241 e. The highest BCUT2D eigenvalue weighted by molar-refractivity contribution is 7.89. The zero-order valence-electron chi connectivity index (χ0n) is 11.9. The average molecular weight is 319 g/mol. The topological polar surface area (TPSA) is 72.2 Å². The van der Waals surface area contributed by atoms with Gasteiger partial charge in [0.15, 0.2) is 0 Å². The third kappa shape index (κ3) is 4.19. The molecule has 0 bridgehead atoms. The standard InChI is InChI=1S/C14H22N2O2S.ClH/c1-10-3-4-11(2)14(9-10)19(17,18)16-13-7-5-12(15)6-8-13;/h3-4,9,12-13,16H,5-8,15H2,1-2H3;1H. The lowest BCUT2D eigenvalue weighted by molar-refractivity contribution is 0.373. The summed E-state index contributed by atoms with van der Waals surface area (Å²) in [5.74, 6) is 0. The van der Waals surface area contributed by atoms with E-state index in [9.17, 15) is 8.42 Å². The molecule has 0 saturated heterocycles. The van der Waals surface area contributed by atoms with Gasteiger partial charge in [0.2, 0.25) is 10.0 Å². The highest BCUT2D eigenvalue weighted by Gasteiger charge is 2.25. The van der Waals surface area contributed by atoms with E-state index in [0.29, 0.717) is 4.90 Å². The van der Waals surface area contributed by atoms with Crippen molar-refractivity contribution < 1.29 is 8.42 Å². The molecular formula is C14H23ClN2O2S. The van der Waals surface area contributed by atoms with Crippen LogP contribution in [0.4, 0.5) is 0 Å². The lowest BCUT2D eigenvalue weighted by atomic mass is 9.93. The predicted molar refractivity (Wildman–Crippen MR) is 83.7 cm³/mol. The van der Waals surface area contributed by atoms with Gasteiger partial charge in [0.1, 0.15) is 0 Å². The van der Waals surface area contributed by atoms with Gasteiger partial charge in [-0.25, -0.2) is 13.1 Å². The Morgan fingerprint density at radius 2 is 1.75 bits per heavy atom. The summed E-state index contributed by atoms with van der Waals surface area (Å²) in [6, 6.07) is 5.74. The Labute approximate surface area is 127 Å². The van der Waals surface area contributed by atoms with Crippen molar-refractivity contribution in [2.45, 2.75) is 56.5 Å². The number of benzene rings is 1. The highest BCUT2D eigenvalue weighted by Crippen LogP contribution is 2.21. The SMILES string of the molecule is Cc1ccc(C)c(S(=O)(=O)NC2CCC(N)CC2)c1.Cl. The normalized spacial score (nSPS) is 23.1. The molecule has 1 aromatic carbocycles. The van der Waals surface area contributed by atoms with Gasteiger partial charge in [-0.05, 0) is 56.7 Å². The van der Waals surface area contributed by atoms with Crippen molar-refractivity contribution in [2.75, 3.05) is 0 Å². The largest absolute Gasteiger partial charge is 0.328 e. The molecule has 1 aliphatic rings. The lowest BCUT2D eigenvalue weighted by Gasteiger charge is -2.26. The van der Waals surface area contributed by atoms with Crippen LogP contribution < -0.4 is 10.5 Å². The van der Waals surface area contributed by atoms with Gasteiger partial charge in [-0.2, -0.15) is 0 Å². The third-order valence-electron chi connectivity index (χ3n) is 3.73. The Bertz CT molecular complexity index is 552. The molecule has 1 aromatic rings. The summed E-state index contributed by atoms with van der Waals surface area (Å²) in [7, 11) is -3.42. The van der Waals surface area contributed by atoms with Gasteiger partial charge in [0, 0.05) is 12.1 Å². The first-order chi connectivity index (χ1) is 8.88. The van der Waals surface area contributed by atoms with E-state index in [1.165, 1.54) is 0 Å². The molecule has 114 valence electrons. The van der Waals surface area contributed by atoms with Gasteiger partial charge < -0.3 is 5.73 Å². The molecule has 1 saturated carbocycles. The minimum atomic E-state index is -3.42. The predicted octanol–water partition coefficient (Wildman–Crippen LogP) is 2.27. The molecule has 0 atom stereocenters. The zero-order valence-corrected chi connectivity index (χ0v) is 13.6. The molecule has 0 aliphatic heterocycles. The van der Waals surface area contributed by atoms with Crippen LogP contribution in [0.3, 0.4) is 0 Å². The average Bonchev–Trinajstić information content (AvgIpc) is 2.35. The molecule has 0 heterocycles. The van der Waals surface area contributed by atoms with Crippen molar-refractivity contribution >= 4 is 22.4 Å². The third-order valence-corrected chi connectivity index (χ3v) is 5.39. The maximum absolute atomic E-state index is 12.4. The molecule has 0 spiro atoms. The Balaban J connectivity index is 0.00000200. The molecule has 0 amide bonds. The van der Waals surface area contributed by atoms with Crippen LogP contribution in [0.1, 0.15) is 36.8 Å². The lowest BCUT2D eigenvalue weighted by Crippen LogP contribution is -2.40. The Morgan fingerprint density at radius 1 is 1.15 bits per heavy atom. The van der Waals surface area contributed by atoms with E-state index in [1.54, 1.807) is 6.07 Å². The highest BCUT2D eigenvalue weighted by atomic mass is 35.5. The molecule has 2 rings (SSSR count). The van der Waals surface area contributed by atoms with Crippen molar-refractivity contribution in [2.24, 2.45) is 5.73 Å². The van der Waals surface area contributed by atoms with Crippen molar-refractivity contribution in [1.82, 2.24) is 4.72 Å². The molecule has 0 aromatic heterocycles. The van der Waals surface area contributed by atoms with Gasteiger partial charge >= 0.3 is 0 Å². The summed E-state index contributed by atoms with van der Waals surface area (Å²) in [5, 5.41) is 0. The Morgan fingerprint density at radius 3 is 2.35 bits per heavy atom. The van der Waals surface area contributed by atoms with Crippen LogP contribution in [-0.4, -0.2) is 20.5 Å². The fourth-order valence-electron chi connectivity index (χ4n) is 2.52. The van der Waals surface area contributed by atoms with Crippen LogP contribution in [0.25, 0.3) is 0 Å². The molecule has 0 unspecified atom stereocenters. The molecule has 4 nitrogen and oxygen atoms in total. The van der Waals surface area contributed by atoms with Crippen molar-refractivity contribution in [3.63, 3.8) is 0 Å². The van der Waals surface area contributed by atoms with Crippen molar-refractivity contribution in [3.8, 4) is 0 Å². The van der Waals surface area contributed by atoms with E-state index in [2.05, 4.69) is 4.72 Å². The number of sulfonamides is 1. The molecule has 0 radical (unpaired) electrons. The number of aryl methyl sites for hydroxylation is 2. The summed E-state index contributed by atoms with van der Waals surface area (Å²) in [4.78, 5) is 0.391. The maximum Gasteiger partial charge on any atom is 0.241 e.